The van der Waals surface area contributed by atoms with Gasteiger partial charge < -0.3 is 5.11 Å². The zero-order chi connectivity index (χ0) is 24.6. The van der Waals surface area contributed by atoms with Gasteiger partial charge in [-0.1, -0.05) is 54.1 Å². The summed E-state index contributed by atoms with van der Waals surface area (Å²) in [4.78, 5) is 23.4. The molecule has 0 aliphatic rings. The molecular weight excluding hydrogens is 478 g/mol. The number of hydrazone groups is 1. The molecule has 0 atom stereocenters. The van der Waals surface area contributed by atoms with Crippen LogP contribution in [0.25, 0.3) is 0 Å². The Morgan fingerprint density at radius 3 is 2.24 bits per heavy atom. The number of carboxylic acid groups (broad SMARTS) is 1. The Balaban J connectivity index is 1.71. The molecule has 2 N–H and O–H groups in total. The number of sulfonamides is 1. The molecule has 0 heterocycles. The van der Waals surface area contributed by atoms with Crippen molar-refractivity contribution in [3.63, 3.8) is 0 Å². The zero-order valence-electron chi connectivity index (χ0n) is 18.0. The Bertz CT molecular complexity index is 1260. The highest BCUT2D eigenvalue weighted by Crippen LogP contribution is 2.19. The van der Waals surface area contributed by atoms with E-state index in [-0.39, 0.29) is 17.0 Å². The molecule has 0 saturated carbocycles. The average molecular weight is 500 g/mol. The van der Waals surface area contributed by atoms with Gasteiger partial charge in [0.05, 0.1) is 23.2 Å². The fourth-order valence-electron chi connectivity index (χ4n) is 3.02. The van der Waals surface area contributed by atoms with E-state index in [2.05, 4.69) is 10.5 Å². The highest BCUT2D eigenvalue weighted by atomic mass is 35.5. The summed E-state index contributed by atoms with van der Waals surface area (Å²) in [5.74, 6) is -1.67. The molecule has 10 heteroatoms. The number of benzene rings is 3. The van der Waals surface area contributed by atoms with E-state index in [0.29, 0.717) is 17.0 Å². The molecule has 3 aromatic carbocycles. The van der Waals surface area contributed by atoms with Crippen molar-refractivity contribution in [2.24, 2.45) is 5.10 Å². The van der Waals surface area contributed by atoms with Crippen LogP contribution in [-0.2, 0) is 21.2 Å². The van der Waals surface area contributed by atoms with Gasteiger partial charge in [0.25, 0.3) is 5.91 Å². The number of nitrogens with one attached hydrogen (secondary N) is 1. The van der Waals surface area contributed by atoms with Crippen LogP contribution in [0, 0.1) is 0 Å². The van der Waals surface area contributed by atoms with Gasteiger partial charge >= 0.3 is 5.97 Å². The second-order valence-electron chi connectivity index (χ2n) is 7.25. The normalized spacial score (nSPS) is 11.6. The molecule has 0 spiro atoms. The van der Waals surface area contributed by atoms with Gasteiger partial charge in [-0.05, 0) is 53.9 Å². The lowest BCUT2D eigenvalue weighted by Crippen LogP contribution is -2.40. The summed E-state index contributed by atoms with van der Waals surface area (Å²) in [6.45, 7) is -0.351. The van der Waals surface area contributed by atoms with Crippen molar-refractivity contribution in [1.82, 2.24) is 9.73 Å². The van der Waals surface area contributed by atoms with E-state index in [1.807, 2.05) is 30.3 Å². The van der Waals surface area contributed by atoms with Crippen LogP contribution in [-0.4, -0.2) is 49.0 Å². The number of carboxylic acids is 1. The highest BCUT2D eigenvalue weighted by molar-refractivity contribution is 7.89. The zero-order valence-corrected chi connectivity index (χ0v) is 19.5. The number of aromatic carboxylic acids is 1. The van der Waals surface area contributed by atoms with Crippen LogP contribution < -0.4 is 5.43 Å². The Morgan fingerprint density at radius 1 is 0.971 bits per heavy atom. The Hall–Kier alpha value is -3.53. The van der Waals surface area contributed by atoms with Crippen molar-refractivity contribution in [3.8, 4) is 0 Å². The summed E-state index contributed by atoms with van der Waals surface area (Å²) in [5, 5.41) is 13.2. The summed E-state index contributed by atoms with van der Waals surface area (Å²) < 4.78 is 27.5. The Labute approximate surface area is 202 Å². The lowest BCUT2D eigenvalue weighted by atomic mass is 10.1. The molecule has 176 valence electrons. The molecule has 0 aliphatic heterocycles. The first-order chi connectivity index (χ1) is 16.3. The summed E-state index contributed by atoms with van der Waals surface area (Å²) >= 11 is 5.88. The number of halogens is 1. The largest absolute Gasteiger partial charge is 0.478 e. The van der Waals surface area contributed by atoms with Crippen molar-refractivity contribution in [2.75, 3.05) is 13.1 Å². The minimum Gasteiger partial charge on any atom is -0.478 e. The maximum Gasteiger partial charge on any atom is 0.335 e. The summed E-state index contributed by atoms with van der Waals surface area (Å²) in [7, 11) is -3.97. The summed E-state index contributed by atoms with van der Waals surface area (Å²) in [6.07, 6.45) is 1.76. The monoisotopic (exact) mass is 499 g/mol. The maximum absolute atomic E-state index is 13.2. The predicted molar refractivity (Wildman–Crippen MR) is 129 cm³/mol. The number of carbonyl (C=O) groups excluding carboxylic acids is 1. The molecule has 0 aromatic heterocycles. The number of rotatable bonds is 10. The molecule has 0 bridgehead atoms. The minimum atomic E-state index is -3.97. The maximum atomic E-state index is 13.2. The van der Waals surface area contributed by atoms with Crippen LogP contribution in [0.1, 0.15) is 21.5 Å². The van der Waals surface area contributed by atoms with Crippen molar-refractivity contribution in [3.05, 3.63) is 101 Å². The van der Waals surface area contributed by atoms with Crippen LogP contribution >= 0.6 is 11.6 Å². The number of hydrogen-bond donors (Lipinski definition) is 2. The smallest absolute Gasteiger partial charge is 0.335 e. The number of amides is 1. The second-order valence-corrected chi connectivity index (χ2v) is 9.62. The molecule has 0 aliphatic carbocycles. The summed E-state index contributed by atoms with van der Waals surface area (Å²) in [5.41, 5.74) is 3.95. The molecule has 3 aromatic rings. The quantitative estimate of drug-likeness (QED) is 0.327. The SMILES string of the molecule is O=C(CN(CCc1ccccc1)S(=O)(=O)c1ccc(Cl)cc1)N/N=C\c1ccc(C(=O)O)cc1. The first-order valence-corrected chi connectivity index (χ1v) is 12.0. The van der Waals surface area contributed by atoms with Gasteiger partial charge in [0, 0.05) is 11.6 Å². The first kappa shape index (κ1) is 25.1. The third-order valence-electron chi connectivity index (χ3n) is 4.82. The number of hydrogen-bond acceptors (Lipinski definition) is 5. The molecule has 0 saturated heterocycles. The molecule has 3 rings (SSSR count). The third kappa shape index (κ3) is 6.98. The fourth-order valence-corrected chi connectivity index (χ4v) is 4.55. The number of carbonyl (C=O) groups is 2. The third-order valence-corrected chi connectivity index (χ3v) is 6.94. The molecule has 0 unspecified atom stereocenters. The van der Waals surface area contributed by atoms with Crippen LogP contribution in [0.15, 0.2) is 88.9 Å². The van der Waals surface area contributed by atoms with Crippen molar-refractivity contribution in [1.29, 1.82) is 0 Å². The fraction of sp³-hybridized carbons (Fsp3) is 0.125. The lowest BCUT2D eigenvalue weighted by Gasteiger charge is -2.21. The summed E-state index contributed by atoms with van der Waals surface area (Å²) in [6, 6.07) is 21.0. The van der Waals surface area contributed by atoms with Crippen LogP contribution in [0.4, 0.5) is 0 Å². The molecule has 0 fully saturated rings. The first-order valence-electron chi connectivity index (χ1n) is 10.2. The molecule has 8 nitrogen and oxygen atoms in total. The predicted octanol–water partition coefficient (Wildman–Crippen LogP) is 3.42. The van der Waals surface area contributed by atoms with Crippen molar-refractivity contribution >= 4 is 39.7 Å². The Morgan fingerprint density at radius 2 is 1.62 bits per heavy atom. The highest BCUT2D eigenvalue weighted by Gasteiger charge is 2.26. The van der Waals surface area contributed by atoms with Crippen molar-refractivity contribution < 1.29 is 23.1 Å². The van der Waals surface area contributed by atoms with Crippen molar-refractivity contribution in [2.45, 2.75) is 11.3 Å². The molecule has 34 heavy (non-hydrogen) atoms. The van der Waals surface area contributed by atoms with Crippen LogP contribution in [0.5, 0.6) is 0 Å². The van der Waals surface area contributed by atoms with Gasteiger partial charge in [-0.2, -0.15) is 9.41 Å². The van der Waals surface area contributed by atoms with Gasteiger partial charge in [0.1, 0.15) is 0 Å². The second kappa shape index (κ2) is 11.6. The van der Waals surface area contributed by atoms with Gasteiger partial charge in [-0.3, -0.25) is 4.79 Å². The van der Waals surface area contributed by atoms with Gasteiger partial charge in [-0.25, -0.2) is 18.6 Å². The van der Waals surface area contributed by atoms with E-state index in [9.17, 15) is 18.0 Å². The van der Waals surface area contributed by atoms with E-state index >= 15 is 0 Å². The van der Waals surface area contributed by atoms with E-state index < -0.39 is 28.4 Å². The van der Waals surface area contributed by atoms with Crippen LogP contribution in [0.2, 0.25) is 5.02 Å². The standard InChI is InChI=1S/C24H22ClN3O5S/c25-21-10-12-22(13-11-21)34(32,33)28(15-14-18-4-2-1-3-5-18)17-23(29)27-26-16-19-6-8-20(9-7-19)24(30)31/h1-13,16H,14-15,17H2,(H,27,29)(H,30,31)/b26-16-. The minimum absolute atomic E-state index is 0.0276. The van der Waals surface area contributed by atoms with E-state index in [1.165, 1.54) is 54.7 Å². The van der Waals surface area contributed by atoms with Crippen LogP contribution in [0.3, 0.4) is 0 Å². The Kier molecular flexibility index (Phi) is 8.53. The van der Waals surface area contributed by atoms with E-state index in [4.69, 9.17) is 16.7 Å². The van der Waals surface area contributed by atoms with Gasteiger partial charge in [0.2, 0.25) is 10.0 Å². The topological polar surface area (TPSA) is 116 Å². The number of nitrogens with zero attached hydrogens (tertiary/aromatic N) is 2. The molecular formula is C24H22ClN3O5S. The molecule has 1 amide bonds. The van der Waals surface area contributed by atoms with E-state index in [1.54, 1.807) is 0 Å². The van der Waals surface area contributed by atoms with Gasteiger partial charge in [0.15, 0.2) is 0 Å². The van der Waals surface area contributed by atoms with Gasteiger partial charge in [-0.15, -0.1) is 0 Å². The lowest BCUT2D eigenvalue weighted by molar-refractivity contribution is -0.121. The molecule has 0 radical (unpaired) electrons. The average Bonchev–Trinajstić information content (AvgIpc) is 2.83. The van der Waals surface area contributed by atoms with E-state index in [0.717, 1.165) is 9.87 Å².